The summed E-state index contributed by atoms with van der Waals surface area (Å²) in [5.74, 6) is 0.781. The molecule has 1 unspecified atom stereocenters. The predicted octanol–water partition coefficient (Wildman–Crippen LogP) is 4.16. The third-order valence-electron chi connectivity index (χ3n) is 4.54. The van der Waals surface area contributed by atoms with E-state index in [1.807, 2.05) is 0 Å². The van der Waals surface area contributed by atoms with E-state index >= 15 is 0 Å². The molecule has 0 aromatic carbocycles. The summed E-state index contributed by atoms with van der Waals surface area (Å²) in [6, 6.07) is 1.26. The highest BCUT2D eigenvalue weighted by atomic mass is 15.1. The smallest absolute Gasteiger partial charge is 0.00665 e. The number of nitrogens with zero attached hydrogens (tertiary/aromatic N) is 1. The number of hydrogen-bond acceptors (Lipinski definition) is 2. The highest BCUT2D eigenvalue weighted by Gasteiger charge is 2.29. The van der Waals surface area contributed by atoms with Crippen LogP contribution in [0.5, 0.6) is 0 Å². The molecular weight excluding hydrogens is 232 g/mol. The van der Waals surface area contributed by atoms with Crippen LogP contribution < -0.4 is 5.32 Å². The summed E-state index contributed by atoms with van der Waals surface area (Å²) in [6.45, 7) is 18.5. The average Bonchev–Trinajstić information content (AvgIpc) is 2.33. The Morgan fingerprint density at radius 1 is 1.00 bits per heavy atom. The summed E-state index contributed by atoms with van der Waals surface area (Å²) in [4.78, 5) is 2.56. The predicted molar refractivity (Wildman–Crippen MR) is 87.7 cm³/mol. The van der Waals surface area contributed by atoms with Gasteiger partial charge in [-0.2, -0.15) is 0 Å². The van der Waals surface area contributed by atoms with Gasteiger partial charge in [0, 0.05) is 25.2 Å². The summed E-state index contributed by atoms with van der Waals surface area (Å²) in [6.07, 6.45) is 3.79. The molecule has 0 spiro atoms. The van der Waals surface area contributed by atoms with Crippen molar-refractivity contribution in [3.8, 4) is 0 Å². The van der Waals surface area contributed by atoms with E-state index in [-0.39, 0.29) is 0 Å². The van der Waals surface area contributed by atoms with Crippen molar-refractivity contribution in [2.45, 2.75) is 79.8 Å². The fraction of sp³-hybridized carbons (Fsp3) is 1.00. The lowest BCUT2D eigenvalue weighted by molar-refractivity contribution is 0.116. The van der Waals surface area contributed by atoms with Crippen LogP contribution in [0, 0.1) is 11.3 Å². The lowest BCUT2D eigenvalue weighted by atomic mass is 9.81. The third kappa shape index (κ3) is 7.31. The van der Waals surface area contributed by atoms with Gasteiger partial charge in [0.25, 0.3) is 0 Å². The molecule has 0 rings (SSSR count). The van der Waals surface area contributed by atoms with E-state index in [1.54, 1.807) is 0 Å². The lowest BCUT2D eigenvalue weighted by Gasteiger charge is -2.39. The molecule has 0 radical (unpaired) electrons. The Hall–Kier alpha value is -0.0800. The van der Waals surface area contributed by atoms with Gasteiger partial charge in [-0.15, -0.1) is 0 Å². The highest BCUT2D eigenvalue weighted by molar-refractivity contribution is 4.84. The van der Waals surface area contributed by atoms with Crippen LogP contribution >= 0.6 is 0 Å². The largest absolute Gasteiger partial charge is 0.314 e. The zero-order valence-electron chi connectivity index (χ0n) is 14.7. The quantitative estimate of drug-likeness (QED) is 0.641. The molecule has 2 nitrogen and oxygen atoms in total. The Kier molecular flexibility index (Phi) is 8.93. The maximum atomic E-state index is 3.65. The van der Waals surface area contributed by atoms with Gasteiger partial charge in [0.15, 0.2) is 0 Å². The Morgan fingerprint density at radius 2 is 1.53 bits per heavy atom. The minimum Gasteiger partial charge on any atom is -0.314 e. The summed E-state index contributed by atoms with van der Waals surface area (Å²) in [7, 11) is 2.29. The molecule has 0 aliphatic carbocycles. The number of rotatable bonds is 10. The van der Waals surface area contributed by atoms with E-state index < -0.39 is 0 Å². The van der Waals surface area contributed by atoms with Crippen molar-refractivity contribution in [2.75, 3.05) is 20.1 Å². The summed E-state index contributed by atoms with van der Waals surface area (Å²) >= 11 is 0. The van der Waals surface area contributed by atoms with Crippen molar-refractivity contribution in [1.29, 1.82) is 0 Å². The van der Waals surface area contributed by atoms with Gasteiger partial charge in [-0.1, -0.05) is 41.5 Å². The van der Waals surface area contributed by atoms with Crippen LogP contribution in [0.1, 0.15) is 67.7 Å². The molecule has 0 aliphatic rings. The van der Waals surface area contributed by atoms with Crippen molar-refractivity contribution >= 4 is 0 Å². The monoisotopic (exact) mass is 270 g/mol. The molecule has 0 fully saturated rings. The van der Waals surface area contributed by atoms with Gasteiger partial charge in [-0.25, -0.2) is 0 Å². The van der Waals surface area contributed by atoms with Gasteiger partial charge in [-0.3, -0.25) is 0 Å². The fourth-order valence-corrected chi connectivity index (χ4v) is 2.75. The summed E-state index contributed by atoms with van der Waals surface area (Å²) < 4.78 is 0. The topological polar surface area (TPSA) is 15.3 Å². The van der Waals surface area contributed by atoms with E-state index in [0.717, 1.165) is 12.5 Å². The van der Waals surface area contributed by atoms with Gasteiger partial charge in [-0.05, 0) is 44.6 Å². The zero-order chi connectivity index (χ0) is 15.1. The first kappa shape index (κ1) is 18.9. The molecule has 1 N–H and O–H groups in total. The molecule has 0 aromatic rings. The second-order valence-corrected chi connectivity index (χ2v) is 7.14. The van der Waals surface area contributed by atoms with Gasteiger partial charge >= 0.3 is 0 Å². The van der Waals surface area contributed by atoms with Gasteiger partial charge in [0.2, 0.25) is 0 Å². The molecule has 0 aromatic heterocycles. The maximum Gasteiger partial charge on any atom is 0.00665 e. The average molecular weight is 271 g/mol. The lowest BCUT2D eigenvalue weighted by Crippen LogP contribution is -2.46. The first-order chi connectivity index (χ1) is 8.76. The maximum absolute atomic E-state index is 3.65. The zero-order valence-corrected chi connectivity index (χ0v) is 14.7. The second kappa shape index (κ2) is 8.97. The van der Waals surface area contributed by atoms with Gasteiger partial charge in [0.05, 0.1) is 0 Å². The fourth-order valence-electron chi connectivity index (χ4n) is 2.75. The Labute approximate surface area is 122 Å². The molecule has 19 heavy (non-hydrogen) atoms. The van der Waals surface area contributed by atoms with Crippen LogP contribution in [-0.4, -0.2) is 37.1 Å². The molecule has 0 amide bonds. The number of nitrogens with one attached hydrogen (secondary N) is 1. The van der Waals surface area contributed by atoms with Crippen molar-refractivity contribution in [2.24, 2.45) is 11.3 Å². The van der Waals surface area contributed by atoms with E-state index in [0.29, 0.717) is 17.5 Å². The van der Waals surface area contributed by atoms with Crippen LogP contribution in [0.2, 0.25) is 0 Å². The first-order valence-corrected chi connectivity index (χ1v) is 8.20. The summed E-state index contributed by atoms with van der Waals surface area (Å²) in [5.41, 5.74) is 0.421. The molecule has 0 saturated heterocycles. The normalized spacial score (nSPS) is 14.7. The molecule has 0 aliphatic heterocycles. The standard InChI is InChI=1S/C17H38N2/c1-9-17(10-2,12-18-15(5)6)13-19(8)16(7)11-14(3)4/h14-16,18H,9-13H2,1-8H3. The first-order valence-electron chi connectivity index (χ1n) is 8.20. The van der Waals surface area contributed by atoms with Crippen LogP contribution in [0.3, 0.4) is 0 Å². The highest BCUT2D eigenvalue weighted by Crippen LogP contribution is 2.28. The van der Waals surface area contributed by atoms with E-state index in [9.17, 15) is 0 Å². The van der Waals surface area contributed by atoms with Crippen molar-refractivity contribution in [3.63, 3.8) is 0 Å². The molecule has 116 valence electrons. The minimum absolute atomic E-state index is 0.421. The summed E-state index contributed by atoms with van der Waals surface area (Å²) in [5, 5.41) is 3.65. The van der Waals surface area contributed by atoms with Crippen LogP contribution in [-0.2, 0) is 0 Å². The minimum atomic E-state index is 0.421. The van der Waals surface area contributed by atoms with Gasteiger partial charge < -0.3 is 10.2 Å². The number of hydrogen-bond donors (Lipinski definition) is 1. The molecule has 0 heterocycles. The van der Waals surface area contributed by atoms with Gasteiger partial charge in [0.1, 0.15) is 0 Å². The van der Waals surface area contributed by atoms with Crippen LogP contribution in [0.25, 0.3) is 0 Å². The van der Waals surface area contributed by atoms with Crippen molar-refractivity contribution in [1.82, 2.24) is 10.2 Å². The molecule has 2 heteroatoms. The molecule has 0 saturated carbocycles. The SMILES string of the molecule is CCC(CC)(CNC(C)C)CN(C)C(C)CC(C)C. The van der Waals surface area contributed by atoms with Crippen molar-refractivity contribution in [3.05, 3.63) is 0 Å². The van der Waals surface area contributed by atoms with Crippen molar-refractivity contribution < 1.29 is 0 Å². The Balaban J connectivity index is 4.54. The molecule has 1 atom stereocenters. The van der Waals surface area contributed by atoms with E-state index in [2.05, 4.69) is 65.7 Å². The van der Waals surface area contributed by atoms with E-state index in [4.69, 9.17) is 0 Å². The van der Waals surface area contributed by atoms with Crippen LogP contribution in [0.15, 0.2) is 0 Å². The Morgan fingerprint density at radius 3 is 1.89 bits per heavy atom. The molecule has 0 bridgehead atoms. The van der Waals surface area contributed by atoms with Crippen LogP contribution in [0.4, 0.5) is 0 Å². The Bertz CT molecular complexity index is 219. The third-order valence-corrected chi connectivity index (χ3v) is 4.54. The van der Waals surface area contributed by atoms with E-state index in [1.165, 1.54) is 25.8 Å². The second-order valence-electron chi connectivity index (χ2n) is 7.14. The molecular formula is C17H38N2.